The number of rotatable bonds is 8. The van der Waals surface area contributed by atoms with Crippen LogP contribution >= 0.6 is 0 Å². The fraction of sp³-hybridized carbons (Fsp3) is 0.680. The highest BCUT2D eigenvalue weighted by molar-refractivity contribution is 6.03. The Bertz CT molecular complexity index is 676. The minimum absolute atomic E-state index is 0.0282. The molecule has 1 atom stereocenters. The van der Waals surface area contributed by atoms with Crippen LogP contribution in [-0.2, 0) is 12.8 Å². The number of aryl methyl sites for hydroxylation is 1. The van der Waals surface area contributed by atoms with Crippen LogP contribution in [0.15, 0.2) is 12.1 Å². The molecule has 1 saturated carbocycles. The number of carboxylic acid groups (broad SMARTS) is 2. The molecule has 1 aliphatic carbocycles. The van der Waals surface area contributed by atoms with Gasteiger partial charge in [-0.05, 0) is 60.6 Å². The molecule has 2 rings (SSSR count). The van der Waals surface area contributed by atoms with Crippen molar-refractivity contribution >= 4 is 11.9 Å². The molecule has 0 radical (unpaired) electrons. The quantitative estimate of drug-likeness (QED) is 0.489. The highest BCUT2D eigenvalue weighted by atomic mass is 16.4. The molecule has 1 fully saturated rings. The van der Waals surface area contributed by atoms with Crippen LogP contribution in [0.25, 0.3) is 0 Å². The van der Waals surface area contributed by atoms with Gasteiger partial charge in [0.2, 0.25) is 0 Å². The summed E-state index contributed by atoms with van der Waals surface area (Å²) in [6.07, 6.45) is 11.0. The lowest BCUT2D eigenvalue weighted by Crippen LogP contribution is -2.24. The van der Waals surface area contributed by atoms with Gasteiger partial charge >= 0.3 is 11.9 Å². The van der Waals surface area contributed by atoms with Crippen LogP contribution in [0.5, 0.6) is 0 Å². The third-order valence-corrected chi connectivity index (χ3v) is 6.48. The van der Waals surface area contributed by atoms with Crippen LogP contribution in [-0.4, -0.2) is 22.2 Å². The Hall–Kier alpha value is -1.84. The van der Waals surface area contributed by atoms with Gasteiger partial charge in [0, 0.05) is 0 Å². The predicted octanol–water partition coefficient (Wildman–Crippen LogP) is 6.99. The normalized spacial score (nSPS) is 17.9. The molecule has 4 heteroatoms. The lowest BCUT2D eigenvalue weighted by Gasteiger charge is -2.36. The number of aromatic carboxylic acids is 2. The van der Waals surface area contributed by atoms with Gasteiger partial charge in [0.1, 0.15) is 0 Å². The van der Waals surface area contributed by atoms with E-state index in [0.29, 0.717) is 17.4 Å². The van der Waals surface area contributed by atoms with Gasteiger partial charge in [-0.15, -0.1) is 0 Å². The molecule has 1 unspecified atom stereocenters. The average molecular weight is 405 g/mol. The third kappa shape index (κ3) is 7.49. The fourth-order valence-electron chi connectivity index (χ4n) is 4.02. The first-order valence-electron chi connectivity index (χ1n) is 11.3. The molecule has 1 aromatic carbocycles. The number of unbranched alkanes of at least 4 members (excludes halogenated alkanes) is 2. The van der Waals surface area contributed by atoms with E-state index >= 15 is 0 Å². The summed E-state index contributed by atoms with van der Waals surface area (Å²) >= 11 is 0. The summed E-state index contributed by atoms with van der Waals surface area (Å²) in [4.78, 5) is 22.7. The van der Waals surface area contributed by atoms with E-state index in [1.165, 1.54) is 31.7 Å². The first-order valence-corrected chi connectivity index (χ1v) is 11.3. The van der Waals surface area contributed by atoms with Crippen molar-refractivity contribution in [3.05, 3.63) is 34.4 Å². The highest BCUT2D eigenvalue weighted by Gasteiger charge is 2.28. The molecule has 164 valence electrons. The number of carboxylic acids is 2. The highest BCUT2D eigenvalue weighted by Crippen LogP contribution is 2.39. The second-order valence-electron chi connectivity index (χ2n) is 9.08. The number of benzene rings is 1. The van der Waals surface area contributed by atoms with E-state index in [1.807, 2.05) is 6.92 Å². The summed E-state index contributed by atoms with van der Waals surface area (Å²) < 4.78 is 0. The smallest absolute Gasteiger partial charge is 0.336 e. The van der Waals surface area contributed by atoms with E-state index in [2.05, 4.69) is 27.7 Å². The van der Waals surface area contributed by atoms with Crippen molar-refractivity contribution in [3.8, 4) is 0 Å². The second kappa shape index (κ2) is 12.0. The zero-order valence-electron chi connectivity index (χ0n) is 19.0. The van der Waals surface area contributed by atoms with Crippen molar-refractivity contribution in [2.24, 2.45) is 11.3 Å². The van der Waals surface area contributed by atoms with Crippen LogP contribution in [0.3, 0.4) is 0 Å². The molecule has 0 amide bonds. The van der Waals surface area contributed by atoms with Crippen LogP contribution in [0.1, 0.15) is 118 Å². The van der Waals surface area contributed by atoms with Gasteiger partial charge in [0.05, 0.1) is 11.1 Å². The average Bonchev–Trinajstić information content (AvgIpc) is 2.66. The topological polar surface area (TPSA) is 74.6 Å². The number of hydrogen-bond donors (Lipinski definition) is 2. The minimum Gasteiger partial charge on any atom is -0.478 e. The molecule has 2 N–H and O–H groups in total. The van der Waals surface area contributed by atoms with Gasteiger partial charge in [0.25, 0.3) is 0 Å². The van der Waals surface area contributed by atoms with Crippen molar-refractivity contribution in [2.75, 3.05) is 0 Å². The first kappa shape index (κ1) is 25.2. The monoisotopic (exact) mass is 404 g/mol. The second-order valence-corrected chi connectivity index (χ2v) is 9.08. The van der Waals surface area contributed by atoms with E-state index in [4.69, 9.17) is 5.11 Å². The molecule has 1 aliphatic rings. The van der Waals surface area contributed by atoms with Gasteiger partial charge < -0.3 is 10.2 Å². The van der Waals surface area contributed by atoms with Crippen molar-refractivity contribution in [1.82, 2.24) is 0 Å². The van der Waals surface area contributed by atoms with Gasteiger partial charge in [0.15, 0.2) is 0 Å². The minimum atomic E-state index is -1.18. The summed E-state index contributed by atoms with van der Waals surface area (Å²) in [7, 11) is 0. The van der Waals surface area contributed by atoms with Crippen LogP contribution in [0.4, 0.5) is 0 Å². The third-order valence-electron chi connectivity index (χ3n) is 6.48. The largest absolute Gasteiger partial charge is 0.478 e. The Kier molecular flexibility index (Phi) is 10.4. The van der Waals surface area contributed by atoms with Crippen LogP contribution < -0.4 is 0 Å². The van der Waals surface area contributed by atoms with Gasteiger partial charge in [-0.1, -0.05) is 72.8 Å². The van der Waals surface area contributed by atoms with Crippen molar-refractivity contribution in [2.45, 2.75) is 98.8 Å². The van der Waals surface area contributed by atoms with E-state index in [-0.39, 0.29) is 11.1 Å². The van der Waals surface area contributed by atoms with E-state index < -0.39 is 11.9 Å². The molecular formula is C25H40O4. The van der Waals surface area contributed by atoms with Crippen molar-refractivity contribution in [3.63, 3.8) is 0 Å². The molecule has 0 spiro atoms. The molecule has 0 aliphatic heterocycles. The van der Waals surface area contributed by atoms with E-state index in [1.54, 1.807) is 6.07 Å². The molecule has 1 aromatic rings. The summed E-state index contributed by atoms with van der Waals surface area (Å²) in [6.45, 7) is 11.3. The van der Waals surface area contributed by atoms with Crippen molar-refractivity contribution in [1.29, 1.82) is 0 Å². The molecule has 0 heterocycles. The maximum atomic E-state index is 11.5. The summed E-state index contributed by atoms with van der Waals surface area (Å²) in [5.41, 5.74) is 2.18. The first-order chi connectivity index (χ1) is 13.7. The maximum absolute atomic E-state index is 11.5. The van der Waals surface area contributed by atoms with Gasteiger partial charge in [-0.2, -0.15) is 0 Å². The standard InChI is InChI=1S/C16H22O4.C9H18/c1-3-5-7-11-9-10-13(15(17)18)14(16(19)20)12(11)8-6-4-2;1-8-6-4-5-7-9(8,2)3/h9-10H,3-8H2,1-2H3,(H,17,18)(H,19,20);8H,4-7H2,1-3H3. The molecule has 0 aromatic heterocycles. The Labute approximate surface area is 176 Å². The zero-order valence-corrected chi connectivity index (χ0v) is 19.0. The van der Waals surface area contributed by atoms with Crippen LogP contribution in [0.2, 0.25) is 0 Å². The van der Waals surface area contributed by atoms with Crippen LogP contribution in [0, 0.1) is 11.3 Å². The Balaban J connectivity index is 0.000000387. The van der Waals surface area contributed by atoms with E-state index in [9.17, 15) is 14.7 Å². The summed E-state index contributed by atoms with van der Waals surface area (Å²) in [6, 6.07) is 3.20. The molecule has 0 bridgehead atoms. The Morgan fingerprint density at radius 2 is 1.62 bits per heavy atom. The fourth-order valence-corrected chi connectivity index (χ4v) is 4.02. The number of hydrogen-bond acceptors (Lipinski definition) is 2. The van der Waals surface area contributed by atoms with Gasteiger partial charge in [-0.3, -0.25) is 0 Å². The lowest BCUT2D eigenvalue weighted by molar-refractivity contribution is 0.0650. The van der Waals surface area contributed by atoms with E-state index in [0.717, 1.165) is 43.6 Å². The lowest BCUT2D eigenvalue weighted by atomic mass is 9.70. The Morgan fingerprint density at radius 1 is 1.00 bits per heavy atom. The summed E-state index contributed by atoms with van der Waals surface area (Å²) in [5.74, 6) is -1.37. The molecule has 0 saturated heterocycles. The number of carbonyl (C=O) groups is 2. The molecule has 4 nitrogen and oxygen atoms in total. The zero-order chi connectivity index (χ0) is 22.0. The SMILES string of the molecule is CC1CCCCC1(C)C.CCCCc1ccc(C(=O)O)c(C(=O)O)c1CCCC. The Morgan fingerprint density at radius 3 is 2.07 bits per heavy atom. The summed E-state index contributed by atoms with van der Waals surface area (Å²) in [5, 5.41) is 18.5. The molecular weight excluding hydrogens is 364 g/mol. The molecule has 29 heavy (non-hydrogen) atoms. The maximum Gasteiger partial charge on any atom is 0.336 e. The van der Waals surface area contributed by atoms with Crippen molar-refractivity contribution < 1.29 is 19.8 Å². The van der Waals surface area contributed by atoms with Gasteiger partial charge in [-0.25, -0.2) is 9.59 Å². The predicted molar refractivity (Wildman–Crippen MR) is 119 cm³/mol.